The highest BCUT2D eigenvalue weighted by Crippen LogP contribution is 2.32. The van der Waals surface area contributed by atoms with Gasteiger partial charge in [-0.15, -0.1) is 0 Å². The molecule has 1 aromatic carbocycles. The zero-order chi connectivity index (χ0) is 12.1. The summed E-state index contributed by atoms with van der Waals surface area (Å²) >= 11 is 0. The van der Waals surface area contributed by atoms with Crippen molar-refractivity contribution in [2.45, 2.75) is 19.8 Å². The fraction of sp³-hybridized carbons (Fsp3) is 0.417. The Hall–Kier alpha value is -1.71. The number of hydrogen-bond acceptors (Lipinski definition) is 3. The Labute approximate surface area is 94.8 Å². The largest absolute Gasteiger partial charge is 0.496 e. The fourth-order valence-electron chi connectivity index (χ4n) is 1.74. The van der Waals surface area contributed by atoms with Crippen LogP contribution in [0, 0.1) is 0 Å². The zero-order valence-corrected chi connectivity index (χ0v) is 9.74. The molecule has 0 fully saturated rings. The van der Waals surface area contributed by atoms with E-state index in [1.807, 2.05) is 6.92 Å². The van der Waals surface area contributed by atoms with Gasteiger partial charge in [-0.25, -0.2) is 0 Å². The van der Waals surface area contributed by atoms with E-state index in [0.717, 1.165) is 17.7 Å². The van der Waals surface area contributed by atoms with Crippen LogP contribution in [0.15, 0.2) is 12.1 Å². The van der Waals surface area contributed by atoms with Crippen LogP contribution < -0.4 is 9.47 Å². The summed E-state index contributed by atoms with van der Waals surface area (Å²) in [6.45, 7) is 1.98. The van der Waals surface area contributed by atoms with E-state index in [1.165, 1.54) is 0 Å². The van der Waals surface area contributed by atoms with E-state index in [4.69, 9.17) is 14.6 Å². The second-order valence-electron chi connectivity index (χ2n) is 3.36. The predicted octanol–water partition coefficient (Wildman–Crippen LogP) is 1.89. The van der Waals surface area contributed by atoms with Crippen LogP contribution in [0.1, 0.15) is 18.1 Å². The summed E-state index contributed by atoms with van der Waals surface area (Å²) in [5.41, 5.74) is 1.58. The Bertz CT molecular complexity index is 385. The number of aliphatic carboxylic acids is 1. The minimum atomic E-state index is -0.870. The molecular weight excluding hydrogens is 208 g/mol. The van der Waals surface area contributed by atoms with Crippen molar-refractivity contribution in [1.82, 2.24) is 0 Å². The highest BCUT2D eigenvalue weighted by molar-refractivity contribution is 5.72. The summed E-state index contributed by atoms with van der Waals surface area (Å²) in [5, 5.41) is 8.79. The molecule has 16 heavy (non-hydrogen) atoms. The molecule has 0 heterocycles. The summed E-state index contributed by atoms with van der Waals surface area (Å²) in [5.74, 6) is 0.475. The molecule has 4 heteroatoms. The van der Waals surface area contributed by atoms with Gasteiger partial charge in [0.15, 0.2) is 0 Å². The lowest BCUT2D eigenvalue weighted by Gasteiger charge is -2.15. The first-order chi connectivity index (χ1) is 7.63. The van der Waals surface area contributed by atoms with Gasteiger partial charge < -0.3 is 14.6 Å². The quantitative estimate of drug-likeness (QED) is 0.829. The van der Waals surface area contributed by atoms with Gasteiger partial charge in [-0.3, -0.25) is 4.79 Å². The number of hydrogen-bond donors (Lipinski definition) is 1. The Balaban J connectivity index is 3.25. The van der Waals surface area contributed by atoms with E-state index in [-0.39, 0.29) is 6.42 Å². The van der Waals surface area contributed by atoms with Crippen molar-refractivity contribution in [2.24, 2.45) is 0 Å². The highest BCUT2D eigenvalue weighted by atomic mass is 16.5. The van der Waals surface area contributed by atoms with E-state index >= 15 is 0 Å². The molecule has 0 atom stereocenters. The number of ether oxygens (including phenoxy) is 2. The Morgan fingerprint density at radius 2 is 2.00 bits per heavy atom. The van der Waals surface area contributed by atoms with Crippen LogP contribution in [-0.4, -0.2) is 25.3 Å². The third-order valence-corrected chi connectivity index (χ3v) is 2.42. The molecule has 4 nitrogen and oxygen atoms in total. The maximum absolute atomic E-state index is 10.7. The lowest BCUT2D eigenvalue weighted by molar-refractivity contribution is -0.136. The molecule has 0 saturated carbocycles. The number of carboxylic acids is 1. The lowest BCUT2D eigenvalue weighted by atomic mass is 10.0. The molecular formula is C12H16O4. The average molecular weight is 224 g/mol. The molecule has 0 amide bonds. The topological polar surface area (TPSA) is 55.8 Å². The molecule has 0 radical (unpaired) electrons. The van der Waals surface area contributed by atoms with Gasteiger partial charge in [0.2, 0.25) is 0 Å². The smallest absolute Gasteiger partial charge is 0.307 e. The van der Waals surface area contributed by atoms with Crippen molar-refractivity contribution in [1.29, 1.82) is 0 Å². The Morgan fingerprint density at radius 1 is 1.31 bits per heavy atom. The van der Waals surface area contributed by atoms with Gasteiger partial charge >= 0.3 is 5.97 Å². The van der Waals surface area contributed by atoms with Crippen LogP contribution in [0.3, 0.4) is 0 Å². The van der Waals surface area contributed by atoms with Crippen LogP contribution in [0.5, 0.6) is 11.5 Å². The summed E-state index contributed by atoms with van der Waals surface area (Å²) in [4.78, 5) is 10.7. The van der Waals surface area contributed by atoms with Gasteiger partial charge in [0.1, 0.15) is 11.5 Å². The van der Waals surface area contributed by atoms with Gasteiger partial charge in [-0.1, -0.05) is 13.0 Å². The molecule has 0 unspecified atom stereocenters. The summed E-state index contributed by atoms with van der Waals surface area (Å²) in [7, 11) is 3.13. The standard InChI is InChI=1S/C12H16O4/c1-4-9-10(15-2)6-5-8(7-11(13)14)12(9)16-3/h5-6H,4,7H2,1-3H3,(H,13,14). The molecule has 1 N–H and O–H groups in total. The van der Waals surface area contributed by atoms with Crippen LogP contribution in [0.2, 0.25) is 0 Å². The Morgan fingerprint density at radius 3 is 2.44 bits per heavy atom. The fourth-order valence-corrected chi connectivity index (χ4v) is 1.74. The molecule has 0 aliphatic heterocycles. The number of benzene rings is 1. The highest BCUT2D eigenvalue weighted by Gasteiger charge is 2.15. The van der Waals surface area contributed by atoms with Crippen molar-refractivity contribution in [2.75, 3.05) is 14.2 Å². The number of carboxylic acid groups (broad SMARTS) is 1. The lowest BCUT2D eigenvalue weighted by Crippen LogP contribution is -2.05. The molecule has 0 bridgehead atoms. The summed E-state index contributed by atoms with van der Waals surface area (Å²) < 4.78 is 10.5. The van der Waals surface area contributed by atoms with Crippen molar-refractivity contribution >= 4 is 5.97 Å². The first-order valence-corrected chi connectivity index (χ1v) is 5.08. The first kappa shape index (κ1) is 12.4. The van der Waals surface area contributed by atoms with Crippen LogP contribution >= 0.6 is 0 Å². The number of methoxy groups -OCH3 is 2. The third-order valence-electron chi connectivity index (χ3n) is 2.42. The van der Waals surface area contributed by atoms with Crippen molar-refractivity contribution < 1.29 is 19.4 Å². The summed E-state index contributed by atoms with van der Waals surface area (Å²) in [6.07, 6.45) is 0.694. The molecule has 0 aliphatic carbocycles. The zero-order valence-electron chi connectivity index (χ0n) is 9.74. The van der Waals surface area contributed by atoms with Crippen molar-refractivity contribution in [3.8, 4) is 11.5 Å². The molecule has 0 spiro atoms. The second kappa shape index (κ2) is 5.39. The maximum atomic E-state index is 10.7. The summed E-state index contributed by atoms with van der Waals surface area (Å²) in [6, 6.07) is 3.50. The minimum Gasteiger partial charge on any atom is -0.496 e. The van der Waals surface area contributed by atoms with E-state index < -0.39 is 5.97 Å². The molecule has 0 aromatic heterocycles. The molecule has 0 aliphatic rings. The van der Waals surface area contributed by atoms with Gasteiger partial charge in [-0.05, 0) is 12.5 Å². The van der Waals surface area contributed by atoms with E-state index in [2.05, 4.69) is 0 Å². The molecule has 0 saturated heterocycles. The van der Waals surface area contributed by atoms with E-state index in [1.54, 1.807) is 26.4 Å². The second-order valence-corrected chi connectivity index (χ2v) is 3.36. The van der Waals surface area contributed by atoms with E-state index in [9.17, 15) is 4.79 Å². The van der Waals surface area contributed by atoms with E-state index in [0.29, 0.717) is 11.3 Å². The monoisotopic (exact) mass is 224 g/mol. The van der Waals surface area contributed by atoms with Crippen LogP contribution in [0.4, 0.5) is 0 Å². The molecule has 1 aromatic rings. The Kier molecular flexibility index (Phi) is 4.17. The number of rotatable bonds is 5. The van der Waals surface area contributed by atoms with Crippen molar-refractivity contribution in [3.05, 3.63) is 23.3 Å². The molecule has 1 rings (SSSR count). The molecule has 88 valence electrons. The third kappa shape index (κ3) is 2.45. The SMILES string of the molecule is CCc1c(OC)ccc(CC(=O)O)c1OC. The van der Waals surface area contributed by atoms with Gasteiger partial charge in [0, 0.05) is 11.1 Å². The van der Waals surface area contributed by atoms with Gasteiger partial charge in [-0.2, -0.15) is 0 Å². The van der Waals surface area contributed by atoms with Gasteiger partial charge in [0.25, 0.3) is 0 Å². The average Bonchev–Trinajstić information content (AvgIpc) is 2.27. The van der Waals surface area contributed by atoms with Crippen molar-refractivity contribution in [3.63, 3.8) is 0 Å². The van der Waals surface area contributed by atoms with Crippen LogP contribution in [-0.2, 0) is 17.6 Å². The minimum absolute atomic E-state index is 0.0415. The maximum Gasteiger partial charge on any atom is 0.307 e. The first-order valence-electron chi connectivity index (χ1n) is 5.08. The predicted molar refractivity (Wildman–Crippen MR) is 60.3 cm³/mol. The van der Waals surface area contributed by atoms with Crippen LogP contribution in [0.25, 0.3) is 0 Å². The number of carbonyl (C=O) groups is 1. The normalized spacial score (nSPS) is 9.94. The van der Waals surface area contributed by atoms with Gasteiger partial charge in [0.05, 0.1) is 20.6 Å².